The summed E-state index contributed by atoms with van der Waals surface area (Å²) in [7, 11) is 0. The molecule has 1 saturated heterocycles. The summed E-state index contributed by atoms with van der Waals surface area (Å²) in [6.45, 7) is 0. The lowest BCUT2D eigenvalue weighted by Gasteiger charge is -2.34. The zero-order valence-electron chi connectivity index (χ0n) is 15.5. The molecular weight excluding hydrogens is 393 g/mol. The Morgan fingerprint density at radius 3 is 2.43 bits per heavy atom. The third kappa shape index (κ3) is 2.65. The summed E-state index contributed by atoms with van der Waals surface area (Å²) >= 11 is 0. The SMILES string of the molecule is N#CC1(C#N)C(c2cccc(C(F)(F)F)c2)C(C(N)=O)N2C=Cc3ccccc3C21. The van der Waals surface area contributed by atoms with E-state index in [4.69, 9.17) is 5.73 Å². The van der Waals surface area contributed by atoms with Crippen molar-refractivity contribution in [3.63, 3.8) is 0 Å². The lowest BCUT2D eigenvalue weighted by Crippen LogP contribution is -2.41. The third-order valence-corrected chi connectivity index (χ3v) is 5.81. The Hall–Kier alpha value is -3.78. The summed E-state index contributed by atoms with van der Waals surface area (Å²) in [5.41, 5.74) is 4.37. The molecule has 0 aliphatic carbocycles. The molecule has 5 nitrogen and oxygen atoms in total. The molecule has 30 heavy (non-hydrogen) atoms. The van der Waals surface area contributed by atoms with E-state index in [9.17, 15) is 28.5 Å². The minimum absolute atomic E-state index is 0.0667. The van der Waals surface area contributed by atoms with Gasteiger partial charge in [0.05, 0.1) is 23.7 Å². The maximum atomic E-state index is 13.3. The van der Waals surface area contributed by atoms with Crippen molar-refractivity contribution < 1.29 is 18.0 Å². The van der Waals surface area contributed by atoms with Gasteiger partial charge in [-0.25, -0.2) is 0 Å². The number of amides is 1. The molecular formula is C22H15F3N4O. The molecule has 2 N–H and O–H groups in total. The standard InChI is InChI=1S/C22H15F3N4O/c23-22(24,25)15-6-3-5-14(10-15)17-18(20(28)30)29-9-8-13-4-1-2-7-16(13)19(29)21(17,11-26)12-27/h1-10,17-19H,(H2,28,30). The topological polar surface area (TPSA) is 93.9 Å². The first-order chi connectivity index (χ1) is 14.2. The van der Waals surface area contributed by atoms with Crippen LogP contribution in [0.15, 0.2) is 54.7 Å². The molecule has 4 rings (SSSR count). The van der Waals surface area contributed by atoms with Crippen LogP contribution in [-0.2, 0) is 11.0 Å². The van der Waals surface area contributed by atoms with Gasteiger partial charge in [0.15, 0.2) is 5.41 Å². The van der Waals surface area contributed by atoms with Crippen LogP contribution in [0.3, 0.4) is 0 Å². The molecule has 2 aromatic carbocycles. The van der Waals surface area contributed by atoms with Gasteiger partial charge in [0.2, 0.25) is 5.91 Å². The summed E-state index contributed by atoms with van der Waals surface area (Å²) in [5, 5.41) is 20.3. The molecule has 150 valence electrons. The van der Waals surface area contributed by atoms with Crippen molar-refractivity contribution >= 4 is 12.0 Å². The second kappa shape index (κ2) is 6.64. The number of hydrogen-bond donors (Lipinski definition) is 1. The highest BCUT2D eigenvalue weighted by Crippen LogP contribution is 2.59. The monoisotopic (exact) mass is 408 g/mol. The molecule has 2 aliphatic rings. The summed E-state index contributed by atoms with van der Waals surface area (Å²) in [5.74, 6) is -1.99. The molecule has 3 unspecified atom stereocenters. The number of alkyl halides is 3. The van der Waals surface area contributed by atoms with Gasteiger partial charge in [0.1, 0.15) is 6.04 Å². The van der Waals surface area contributed by atoms with Gasteiger partial charge < -0.3 is 10.6 Å². The van der Waals surface area contributed by atoms with E-state index in [1.807, 2.05) is 12.1 Å². The van der Waals surface area contributed by atoms with Crippen LogP contribution >= 0.6 is 0 Å². The molecule has 1 amide bonds. The van der Waals surface area contributed by atoms with Gasteiger partial charge in [0, 0.05) is 12.1 Å². The summed E-state index contributed by atoms with van der Waals surface area (Å²) in [6.07, 6.45) is -1.30. The molecule has 0 radical (unpaired) electrons. The molecule has 2 aromatic rings. The quantitative estimate of drug-likeness (QED) is 0.820. The fourth-order valence-corrected chi connectivity index (χ4v) is 4.60. The number of benzene rings is 2. The van der Waals surface area contributed by atoms with Crippen molar-refractivity contribution in [2.75, 3.05) is 0 Å². The number of halogens is 3. The normalized spacial score (nSPS) is 23.8. The van der Waals surface area contributed by atoms with Crippen molar-refractivity contribution in [3.05, 3.63) is 77.0 Å². The summed E-state index contributed by atoms with van der Waals surface area (Å²) in [4.78, 5) is 14.0. The Labute approximate surface area is 170 Å². The van der Waals surface area contributed by atoms with E-state index in [-0.39, 0.29) is 5.56 Å². The summed E-state index contributed by atoms with van der Waals surface area (Å²) in [6, 6.07) is 13.5. The Morgan fingerprint density at radius 2 is 1.80 bits per heavy atom. The zero-order chi connectivity index (χ0) is 21.7. The average Bonchev–Trinajstić information content (AvgIpc) is 3.04. The van der Waals surface area contributed by atoms with Crippen molar-refractivity contribution in [1.82, 2.24) is 4.90 Å². The number of hydrogen-bond acceptors (Lipinski definition) is 4. The Morgan fingerprint density at radius 1 is 1.10 bits per heavy atom. The highest BCUT2D eigenvalue weighted by atomic mass is 19.4. The lowest BCUT2D eigenvalue weighted by atomic mass is 9.68. The van der Waals surface area contributed by atoms with E-state index in [1.165, 1.54) is 17.0 Å². The molecule has 3 atom stereocenters. The van der Waals surface area contributed by atoms with E-state index in [1.54, 1.807) is 36.5 Å². The first-order valence-electron chi connectivity index (χ1n) is 9.08. The molecule has 2 aliphatic heterocycles. The second-order valence-corrected chi connectivity index (χ2v) is 7.34. The Bertz CT molecular complexity index is 1130. The molecule has 2 heterocycles. The van der Waals surface area contributed by atoms with E-state index < -0.39 is 41.1 Å². The number of primary amides is 1. The number of nitriles is 2. The van der Waals surface area contributed by atoms with Gasteiger partial charge in [-0.1, -0.05) is 42.5 Å². The van der Waals surface area contributed by atoms with Gasteiger partial charge in [-0.15, -0.1) is 0 Å². The number of nitrogens with two attached hydrogens (primary N) is 1. The molecule has 0 bridgehead atoms. The Kier molecular flexibility index (Phi) is 4.32. The fraction of sp³-hybridized carbons (Fsp3) is 0.227. The first kappa shape index (κ1) is 19.5. The van der Waals surface area contributed by atoms with Crippen LogP contribution in [-0.4, -0.2) is 16.8 Å². The number of nitrogens with zero attached hydrogens (tertiary/aromatic N) is 3. The molecule has 0 aromatic heterocycles. The van der Waals surface area contributed by atoms with Crippen LogP contribution in [0.5, 0.6) is 0 Å². The molecule has 0 saturated carbocycles. The van der Waals surface area contributed by atoms with Gasteiger partial charge in [0.25, 0.3) is 0 Å². The minimum Gasteiger partial charge on any atom is -0.368 e. The first-order valence-corrected chi connectivity index (χ1v) is 9.08. The maximum absolute atomic E-state index is 13.3. The van der Waals surface area contributed by atoms with Crippen molar-refractivity contribution in [2.24, 2.45) is 11.1 Å². The molecule has 1 fully saturated rings. The van der Waals surface area contributed by atoms with Gasteiger partial charge in [-0.3, -0.25) is 4.79 Å². The van der Waals surface area contributed by atoms with Crippen LogP contribution in [0.4, 0.5) is 13.2 Å². The van der Waals surface area contributed by atoms with E-state index in [0.717, 1.165) is 17.7 Å². The van der Waals surface area contributed by atoms with Gasteiger partial charge in [-0.05, 0) is 28.8 Å². The third-order valence-electron chi connectivity index (χ3n) is 5.81. The van der Waals surface area contributed by atoms with Crippen molar-refractivity contribution in [1.29, 1.82) is 10.5 Å². The highest BCUT2D eigenvalue weighted by molar-refractivity contribution is 5.84. The maximum Gasteiger partial charge on any atom is 0.416 e. The summed E-state index contributed by atoms with van der Waals surface area (Å²) < 4.78 is 39.9. The smallest absolute Gasteiger partial charge is 0.368 e. The molecule has 0 spiro atoms. The van der Waals surface area contributed by atoms with E-state index >= 15 is 0 Å². The van der Waals surface area contributed by atoms with Crippen LogP contribution in [0.2, 0.25) is 0 Å². The van der Waals surface area contributed by atoms with Crippen LogP contribution in [0.1, 0.15) is 34.2 Å². The van der Waals surface area contributed by atoms with Crippen LogP contribution in [0, 0.1) is 28.1 Å². The van der Waals surface area contributed by atoms with Crippen LogP contribution < -0.4 is 5.73 Å². The number of carbonyl (C=O) groups excluding carboxylic acids is 1. The molecule has 8 heteroatoms. The van der Waals surface area contributed by atoms with E-state index in [2.05, 4.69) is 0 Å². The predicted octanol–water partition coefficient (Wildman–Crippen LogP) is 3.72. The zero-order valence-corrected chi connectivity index (χ0v) is 15.5. The largest absolute Gasteiger partial charge is 0.416 e. The van der Waals surface area contributed by atoms with Gasteiger partial charge >= 0.3 is 6.18 Å². The Balaban J connectivity index is 1.99. The second-order valence-electron chi connectivity index (χ2n) is 7.34. The number of carbonyl (C=O) groups is 1. The van der Waals surface area contributed by atoms with E-state index in [0.29, 0.717) is 5.56 Å². The van der Waals surface area contributed by atoms with Crippen molar-refractivity contribution in [3.8, 4) is 12.1 Å². The highest BCUT2D eigenvalue weighted by Gasteiger charge is 2.63. The number of rotatable bonds is 2. The van der Waals surface area contributed by atoms with Crippen LogP contribution in [0.25, 0.3) is 6.08 Å². The van der Waals surface area contributed by atoms with Crippen molar-refractivity contribution in [2.45, 2.75) is 24.2 Å². The average molecular weight is 408 g/mol. The lowest BCUT2D eigenvalue weighted by molar-refractivity contribution is -0.137. The van der Waals surface area contributed by atoms with Gasteiger partial charge in [-0.2, -0.15) is 23.7 Å². The predicted molar refractivity (Wildman–Crippen MR) is 101 cm³/mol. The minimum atomic E-state index is -4.61. The fourth-order valence-electron chi connectivity index (χ4n) is 4.60. The number of fused-ring (bicyclic) bond motifs is 3.